The zero-order valence-corrected chi connectivity index (χ0v) is 11.9. The highest BCUT2D eigenvalue weighted by molar-refractivity contribution is 7.89. The summed E-state index contributed by atoms with van der Waals surface area (Å²) >= 11 is 0. The number of piperidine rings is 1. The Morgan fingerprint density at radius 3 is 2.71 bits per heavy atom. The van der Waals surface area contributed by atoms with Crippen LogP contribution in [0.25, 0.3) is 0 Å². The number of hydrogen-bond donors (Lipinski definition) is 2. The molecule has 5 heteroatoms. The summed E-state index contributed by atoms with van der Waals surface area (Å²) in [5, 5.41) is 3.37. The van der Waals surface area contributed by atoms with Crippen LogP contribution in [-0.4, -0.2) is 33.3 Å². The summed E-state index contributed by atoms with van der Waals surface area (Å²) in [6.45, 7) is 5.80. The quantitative estimate of drug-likeness (QED) is 0.731. The Labute approximate surface area is 106 Å². The summed E-state index contributed by atoms with van der Waals surface area (Å²) < 4.78 is 26.1. The van der Waals surface area contributed by atoms with Crippen LogP contribution < -0.4 is 10.0 Å². The molecule has 0 aromatic carbocycles. The van der Waals surface area contributed by atoms with Crippen molar-refractivity contribution in [3.63, 3.8) is 0 Å². The molecule has 0 aromatic rings. The van der Waals surface area contributed by atoms with Crippen LogP contribution >= 0.6 is 0 Å². The maximum absolute atomic E-state index is 11.7. The average molecular weight is 262 g/mol. The molecule has 0 bridgehead atoms. The van der Waals surface area contributed by atoms with Crippen LogP contribution in [-0.2, 0) is 10.0 Å². The van der Waals surface area contributed by atoms with Crippen molar-refractivity contribution in [3.8, 4) is 0 Å². The molecule has 1 heterocycles. The Balaban J connectivity index is 2.19. The number of hydrogen-bond acceptors (Lipinski definition) is 3. The summed E-state index contributed by atoms with van der Waals surface area (Å²) in [5.41, 5.74) is 0. The molecule has 0 saturated carbocycles. The number of rotatable bonds is 7. The lowest BCUT2D eigenvalue weighted by molar-refractivity contribution is 0.392. The van der Waals surface area contributed by atoms with Gasteiger partial charge in [0.1, 0.15) is 0 Å². The van der Waals surface area contributed by atoms with E-state index in [0.29, 0.717) is 18.5 Å². The van der Waals surface area contributed by atoms with Crippen LogP contribution in [0, 0.1) is 5.92 Å². The highest BCUT2D eigenvalue weighted by Crippen LogP contribution is 2.10. The molecule has 1 aliphatic rings. The second kappa shape index (κ2) is 7.34. The molecule has 1 atom stereocenters. The third-order valence-corrected chi connectivity index (χ3v) is 4.61. The van der Waals surface area contributed by atoms with Gasteiger partial charge in [0.25, 0.3) is 0 Å². The van der Waals surface area contributed by atoms with E-state index in [9.17, 15) is 8.42 Å². The topological polar surface area (TPSA) is 58.2 Å². The summed E-state index contributed by atoms with van der Waals surface area (Å²) in [5.74, 6) is 0.792. The largest absolute Gasteiger partial charge is 0.314 e. The Bertz CT molecular complexity index is 296. The van der Waals surface area contributed by atoms with Crippen LogP contribution in [0.4, 0.5) is 0 Å². The van der Waals surface area contributed by atoms with Crippen LogP contribution in [0.15, 0.2) is 0 Å². The summed E-state index contributed by atoms with van der Waals surface area (Å²) in [7, 11) is -3.07. The zero-order valence-electron chi connectivity index (χ0n) is 11.0. The molecule has 0 aliphatic carbocycles. The molecule has 0 aromatic heterocycles. The van der Waals surface area contributed by atoms with Crippen LogP contribution in [0.1, 0.15) is 46.0 Å². The molecule has 0 radical (unpaired) electrons. The molecule has 4 nitrogen and oxygen atoms in total. The molecule has 1 fully saturated rings. The maximum Gasteiger partial charge on any atom is 0.211 e. The SMILES string of the molecule is CC(C)CCNS(=O)(=O)CCC1CCCCN1. The highest BCUT2D eigenvalue weighted by atomic mass is 32.2. The molecule has 1 saturated heterocycles. The lowest BCUT2D eigenvalue weighted by atomic mass is 10.0. The monoisotopic (exact) mass is 262 g/mol. The number of sulfonamides is 1. The van der Waals surface area contributed by atoms with E-state index in [1.54, 1.807) is 0 Å². The van der Waals surface area contributed by atoms with Gasteiger partial charge < -0.3 is 5.32 Å². The van der Waals surface area contributed by atoms with E-state index in [1.807, 2.05) is 0 Å². The first-order valence-corrected chi connectivity index (χ1v) is 8.35. The Hall–Kier alpha value is -0.130. The summed E-state index contributed by atoms with van der Waals surface area (Å²) in [6, 6.07) is 0.394. The van der Waals surface area contributed by atoms with Crippen molar-refractivity contribution in [2.75, 3.05) is 18.8 Å². The van der Waals surface area contributed by atoms with E-state index in [-0.39, 0.29) is 5.75 Å². The van der Waals surface area contributed by atoms with Gasteiger partial charge in [0.15, 0.2) is 0 Å². The molecule has 17 heavy (non-hydrogen) atoms. The van der Waals surface area contributed by atoms with Crippen molar-refractivity contribution in [3.05, 3.63) is 0 Å². The molecular formula is C12H26N2O2S. The van der Waals surface area contributed by atoms with Gasteiger partial charge in [-0.05, 0) is 38.1 Å². The van der Waals surface area contributed by atoms with Gasteiger partial charge in [-0.1, -0.05) is 20.3 Å². The van der Waals surface area contributed by atoms with Gasteiger partial charge in [0, 0.05) is 12.6 Å². The van der Waals surface area contributed by atoms with E-state index in [0.717, 1.165) is 25.8 Å². The first-order valence-electron chi connectivity index (χ1n) is 6.70. The first-order chi connectivity index (χ1) is 7.99. The minimum atomic E-state index is -3.07. The normalized spacial score (nSPS) is 21.9. The van der Waals surface area contributed by atoms with Crippen LogP contribution in [0.2, 0.25) is 0 Å². The Morgan fingerprint density at radius 1 is 1.35 bits per heavy atom. The average Bonchev–Trinajstić information content (AvgIpc) is 2.27. The molecular weight excluding hydrogens is 236 g/mol. The molecule has 2 N–H and O–H groups in total. The van der Waals surface area contributed by atoms with E-state index in [2.05, 4.69) is 23.9 Å². The van der Waals surface area contributed by atoms with Gasteiger partial charge in [0.2, 0.25) is 10.0 Å². The maximum atomic E-state index is 11.7. The van der Waals surface area contributed by atoms with Gasteiger partial charge in [-0.3, -0.25) is 0 Å². The van der Waals surface area contributed by atoms with Crippen LogP contribution in [0.5, 0.6) is 0 Å². The molecule has 1 unspecified atom stereocenters. The molecule has 0 amide bonds. The second-order valence-electron chi connectivity index (χ2n) is 5.33. The third kappa shape index (κ3) is 7.01. The van der Waals surface area contributed by atoms with E-state index >= 15 is 0 Å². The third-order valence-electron chi connectivity index (χ3n) is 3.19. The summed E-state index contributed by atoms with van der Waals surface area (Å²) in [4.78, 5) is 0. The van der Waals surface area contributed by atoms with E-state index in [4.69, 9.17) is 0 Å². The lowest BCUT2D eigenvalue weighted by Gasteiger charge is -2.23. The second-order valence-corrected chi connectivity index (χ2v) is 7.26. The van der Waals surface area contributed by atoms with Gasteiger partial charge >= 0.3 is 0 Å². The highest BCUT2D eigenvalue weighted by Gasteiger charge is 2.16. The van der Waals surface area contributed by atoms with Crippen molar-refractivity contribution in [1.29, 1.82) is 0 Å². The molecule has 102 valence electrons. The van der Waals surface area contributed by atoms with Crippen molar-refractivity contribution >= 4 is 10.0 Å². The van der Waals surface area contributed by atoms with Crippen molar-refractivity contribution < 1.29 is 8.42 Å². The standard InChI is InChI=1S/C12H26N2O2S/c1-11(2)6-9-14-17(15,16)10-7-12-5-3-4-8-13-12/h11-14H,3-10H2,1-2H3. The Kier molecular flexibility index (Phi) is 6.44. The van der Waals surface area contributed by atoms with E-state index < -0.39 is 10.0 Å². The zero-order chi connectivity index (χ0) is 12.7. The van der Waals surface area contributed by atoms with Gasteiger partial charge in [-0.25, -0.2) is 13.1 Å². The minimum Gasteiger partial charge on any atom is -0.314 e. The fourth-order valence-corrected chi connectivity index (χ4v) is 3.21. The van der Waals surface area contributed by atoms with Crippen molar-refractivity contribution in [2.24, 2.45) is 5.92 Å². The fraction of sp³-hybridized carbons (Fsp3) is 1.00. The smallest absolute Gasteiger partial charge is 0.211 e. The van der Waals surface area contributed by atoms with E-state index in [1.165, 1.54) is 12.8 Å². The molecule has 1 rings (SSSR count). The number of nitrogens with one attached hydrogen (secondary N) is 2. The Morgan fingerprint density at radius 2 is 2.12 bits per heavy atom. The minimum absolute atomic E-state index is 0.253. The lowest BCUT2D eigenvalue weighted by Crippen LogP contribution is -2.37. The molecule has 1 aliphatic heterocycles. The van der Waals surface area contributed by atoms with Gasteiger partial charge in [-0.15, -0.1) is 0 Å². The molecule has 0 spiro atoms. The fourth-order valence-electron chi connectivity index (χ4n) is 2.04. The van der Waals surface area contributed by atoms with Gasteiger partial charge in [-0.2, -0.15) is 0 Å². The predicted octanol–water partition coefficient (Wildman–Crippen LogP) is 1.48. The first kappa shape index (κ1) is 14.9. The summed E-state index contributed by atoms with van der Waals surface area (Å²) in [6.07, 6.45) is 5.19. The predicted molar refractivity (Wildman–Crippen MR) is 71.5 cm³/mol. The van der Waals surface area contributed by atoms with Crippen molar-refractivity contribution in [2.45, 2.75) is 52.0 Å². The van der Waals surface area contributed by atoms with Crippen molar-refractivity contribution in [1.82, 2.24) is 10.0 Å². The van der Waals surface area contributed by atoms with Gasteiger partial charge in [0.05, 0.1) is 5.75 Å². The van der Waals surface area contributed by atoms with Crippen LogP contribution in [0.3, 0.4) is 0 Å².